The number of carboxylic acid groups (broad SMARTS) is 2. The fraction of sp³-hybridized carbons (Fsp3) is 0.667. The largest absolute Gasteiger partial charge is 0.478 e. The zero-order valence-electron chi connectivity index (χ0n) is 18.1. The van der Waals surface area contributed by atoms with Crippen molar-refractivity contribution in [1.29, 1.82) is 0 Å². The van der Waals surface area contributed by atoms with Gasteiger partial charge in [0.15, 0.2) is 0 Å². The number of carboxylic acids is 2. The van der Waals surface area contributed by atoms with Gasteiger partial charge in [0.25, 0.3) is 0 Å². The van der Waals surface area contributed by atoms with Crippen LogP contribution in [0.1, 0.15) is 111 Å². The number of aromatic carboxylic acids is 2. The molecule has 0 aliphatic heterocycles. The highest BCUT2D eigenvalue weighted by molar-refractivity contribution is 6.03. The molecule has 0 spiro atoms. The molecular weight excluding hydrogens is 352 g/mol. The number of unbranched alkanes of at least 4 members (excludes halogenated alkanes) is 4. The summed E-state index contributed by atoms with van der Waals surface area (Å²) in [6.07, 6.45) is 10.6. The number of hydrogen-bond donors (Lipinski definition) is 2. The molecule has 1 aromatic carbocycles. The Morgan fingerprint density at radius 2 is 1.36 bits per heavy atom. The van der Waals surface area contributed by atoms with E-state index >= 15 is 0 Å². The average molecular weight is 391 g/mol. The normalized spacial score (nSPS) is 13.3. The predicted molar refractivity (Wildman–Crippen MR) is 114 cm³/mol. The smallest absolute Gasteiger partial charge is 0.336 e. The van der Waals surface area contributed by atoms with Gasteiger partial charge in [-0.05, 0) is 41.9 Å². The Labute approximate surface area is 170 Å². The number of carbonyl (C=O) groups is 2. The van der Waals surface area contributed by atoms with E-state index in [9.17, 15) is 19.8 Å². The Kier molecular flexibility index (Phi) is 10.9. The Morgan fingerprint density at radius 3 is 1.82 bits per heavy atom. The molecule has 0 aliphatic rings. The molecule has 0 amide bonds. The highest BCUT2D eigenvalue weighted by Gasteiger charge is 2.24. The highest BCUT2D eigenvalue weighted by Crippen LogP contribution is 2.28. The van der Waals surface area contributed by atoms with E-state index in [-0.39, 0.29) is 11.1 Å². The molecule has 2 N–H and O–H groups in total. The monoisotopic (exact) mass is 390 g/mol. The first kappa shape index (κ1) is 24.2. The lowest BCUT2D eigenvalue weighted by Gasteiger charge is -2.21. The summed E-state index contributed by atoms with van der Waals surface area (Å²) in [6.45, 7) is 8.70. The Hall–Kier alpha value is -1.84. The van der Waals surface area contributed by atoms with Crippen LogP contribution in [-0.4, -0.2) is 22.2 Å². The number of rotatable bonds is 14. The van der Waals surface area contributed by atoms with Gasteiger partial charge in [-0.2, -0.15) is 0 Å². The number of benzene rings is 1. The molecule has 28 heavy (non-hydrogen) atoms. The molecule has 0 saturated heterocycles. The fourth-order valence-corrected chi connectivity index (χ4v) is 3.95. The maximum Gasteiger partial charge on any atom is 0.336 e. The van der Waals surface area contributed by atoms with E-state index in [2.05, 4.69) is 27.7 Å². The quantitative estimate of drug-likeness (QED) is 0.351. The molecule has 1 rings (SSSR count). The van der Waals surface area contributed by atoms with Crippen LogP contribution in [0, 0.1) is 11.8 Å². The van der Waals surface area contributed by atoms with Crippen molar-refractivity contribution in [3.63, 3.8) is 0 Å². The van der Waals surface area contributed by atoms with E-state index in [0.717, 1.165) is 43.2 Å². The van der Waals surface area contributed by atoms with Crippen molar-refractivity contribution in [2.45, 2.75) is 91.9 Å². The molecule has 0 aliphatic carbocycles. The maximum absolute atomic E-state index is 12.0. The molecule has 2 atom stereocenters. The van der Waals surface area contributed by atoms with Gasteiger partial charge in [0.05, 0.1) is 11.1 Å². The van der Waals surface area contributed by atoms with Gasteiger partial charge in [0.2, 0.25) is 0 Å². The molecule has 0 radical (unpaired) electrons. The summed E-state index contributed by atoms with van der Waals surface area (Å²) in [5, 5.41) is 19.3. The zero-order valence-corrected chi connectivity index (χ0v) is 18.1. The summed E-state index contributed by atoms with van der Waals surface area (Å²) in [5.41, 5.74) is 1.64. The second kappa shape index (κ2) is 12.6. The second-order valence-electron chi connectivity index (χ2n) is 8.35. The lowest BCUT2D eigenvalue weighted by atomic mass is 9.84. The third kappa shape index (κ3) is 7.65. The molecule has 4 nitrogen and oxygen atoms in total. The van der Waals surface area contributed by atoms with Crippen molar-refractivity contribution >= 4 is 11.9 Å². The first-order chi connectivity index (χ1) is 13.3. The summed E-state index contributed by atoms with van der Waals surface area (Å²) in [6, 6.07) is 3.32. The minimum absolute atomic E-state index is 0.00639. The second-order valence-corrected chi connectivity index (χ2v) is 8.35. The van der Waals surface area contributed by atoms with Crippen molar-refractivity contribution in [3.05, 3.63) is 34.4 Å². The molecule has 0 heterocycles. The molecule has 2 unspecified atom stereocenters. The Bertz CT molecular complexity index is 636. The first-order valence-electron chi connectivity index (χ1n) is 10.9. The highest BCUT2D eigenvalue weighted by atomic mass is 16.4. The van der Waals surface area contributed by atoms with Crippen LogP contribution in [-0.2, 0) is 12.8 Å². The molecule has 4 heteroatoms. The Morgan fingerprint density at radius 1 is 0.821 bits per heavy atom. The van der Waals surface area contributed by atoms with Crippen molar-refractivity contribution in [3.8, 4) is 0 Å². The van der Waals surface area contributed by atoms with Gasteiger partial charge < -0.3 is 10.2 Å². The summed E-state index contributed by atoms with van der Waals surface area (Å²) < 4.78 is 0. The molecule has 158 valence electrons. The SMILES string of the molecule is CCCCCC(C)Cc1ccc(C(=O)O)c(C(=O)O)c1CC(C)CCCCC. The molecular formula is C24H38O4. The van der Waals surface area contributed by atoms with Crippen LogP contribution in [0.4, 0.5) is 0 Å². The summed E-state index contributed by atoms with van der Waals surface area (Å²) >= 11 is 0. The van der Waals surface area contributed by atoms with E-state index < -0.39 is 11.9 Å². The van der Waals surface area contributed by atoms with Gasteiger partial charge in [0, 0.05) is 0 Å². The van der Waals surface area contributed by atoms with Crippen molar-refractivity contribution in [2.75, 3.05) is 0 Å². The van der Waals surface area contributed by atoms with Crippen molar-refractivity contribution < 1.29 is 19.8 Å². The summed E-state index contributed by atoms with van der Waals surface area (Å²) in [4.78, 5) is 23.6. The van der Waals surface area contributed by atoms with Gasteiger partial charge >= 0.3 is 11.9 Å². The summed E-state index contributed by atoms with van der Waals surface area (Å²) in [5.74, 6) is -1.51. The van der Waals surface area contributed by atoms with Crippen LogP contribution in [0.2, 0.25) is 0 Å². The third-order valence-corrected chi connectivity index (χ3v) is 5.58. The van der Waals surface area contributed by atoms with Gasteiger partial charge in [-0.25, -0.2) is 9.59 Å². The molecule has 0 saturated carbocycles. The summed E-state index contributed by atoms with van der Waals surface area (Å²) in [7, 11) is 0. The van der Waals surface area contributed by atoms with Crippen molar-refractivity contribution in [2.24, 2.45) is 11.8 Å². The van der Waals surface area contributed by atoms with Crippen molar-refractivity contribution in [1.82, 2.24) is 0 Å². The predicted octanol–water partition coefficient (Wildman–Crippen LogP) is 6.60. The lowest BCUT2D eigenvalue weighted by Crippen LogP contribution is -2.17. The lowest BCUT2D eigenvalue weighted by molar-refractivity contribution is 0.0650. The topological polar surface area (TPSA) is 74.6 Å². The molecule has 0 aromatic heterocycles. The van der Waals surface area contributed by atoms with Crippen LogP contribution in [0.15, 0.2) is 12.1 Å². The third-order valence-electron chi connectivity index (χ3n) is 5.58. The molecule has 1 aromatic rings. The fourth-order valence-electron chi connectivity index (χ4n) is 3.95. The van der Waals surface area contributed by atoms with Crippen LogP contribution >= 0.6 is 0 Å². The van der Waals surface area contributed by atoms with Gasteiger partial charge in [0.1, 0.15) is 0 Å². The van der Waals surface area contributed by atoms with E-state index in [1.54, 1.807) is 0 Å². The first-order valence-corrected chi connectivity index (χ1v) is 10.9. The van der Waals surface area contributed by atoms with Gasteiger partial charge in [-0.15, -0.1) is 0 Å². The minimum Gasteiger partial charge on any atom is -0.478 e. The minimum atomic E-state index is -1.17. The molecule has 0 fully saturated rings. The van der Waals surface area contributed by atoms with Crippen LogP contribution < -0.4 is 0 Å². The molecule has 0 bridgehead atoms. The Balaban J connectivity index is 3.17. The van der Waals surface area contributed by atoms with E-state index in [1.165, 1.54) is 31.7 Å². The van der Waals surface area contributed by atoms with E-state index in [4.69, 9.17) is 0 Å². The zero-order chi connectivity index (χ0) is 21.1. The van der Waals surface area contributed by atoms with Crippen LogP contribution in [0.3, 0.4) is 0 Å². The standard InChI is InChI=1S/C24H38O4/c1-5-7-9-11-17(3)15-19-13-14-20(23(25)26)22(24(27)28)21(19)16-18(4)12-10-8-6-2/h13-14,17-18H,5-12,15-16H2,1-4H3,(H,25,26)(H,27,28). The van der Waals surface area contributed by atoms with Gasteiger partial charge in [-0.3, -0.25) is 0 Å². The van der Waals surface area contributed by atoms with E-state index in [0.29, 0.717) is 18.3 Å². The number of hydrogen-bond acceptors (Lipinski definition) is 2. The van der Waals surface area contributed by atoms with Gasteiger partial charge in [-0.1, -0.05) is 85.1 Å². The van der Waals surface area contributed by atoms with Crippen LogP contribution in [0.25, 0.3) is 0 Å². The maximum atomic E-state index is 12.0. The average Bonchev–Trinajstić information content (AvgIpc) is 2.62. The van der Waals surface area contributed by atoms with E-state index in [1.807, 2.05) is 6.07 Å². The van der Waals surface area contributed by atoms with Crippen LogP contribution in [0.5, 0.6) is 0 Å².